The van der Waals surface area contributed by atoms with Gasteiger partial charge >= 0.3 is 18.3 Å². The van der Waals surface area contributed by atoms with Crippen LogP contribution < -0.4 is 25.2 Å². The minimum atomic E-state index is -4.81. The summed E-state index contributed by atoms with van der Waals surface area (Å²) in [7, 11) is -0.413. The van der Waals surface area contributed by atoms with Gasteiger partial charge in [0.15, 0.2) is 0 Å². The lowest BCUT2D eigenvalue weighted by molar-refractivity contribution is -0.145. The van der Waals surface area contributed by atoms with E-state index in [0.29, 0.717) is 81.9 Å². The molecule has 2 amide bonds. The largest absolute Gasteiger partial charge is 0.480 e. The molecule has 0 saturated carbocycles. The number of carbonyl (C=O) groups is 3. The van der Waals surface area contributed by atoms with Crippen molar-refractivity contribution < 1.29 is 45.8 Å². The van der Waals surface area contributed by atoms with Gasteiger partial charge in [0.25, 0.3) is 0 Å². The average Bonchev–Trinajstić information content (AvgIpc) is 3.60. The lowest BCUT2D eigenvalue weighted by Crippen LogP contribution is -2.44. The van der Waals surface area contributed by atoms with Crippen molar-refractivity contribution in [1.82, 2.24) is 25.3 Å². The molecule has 288 valence electrons. The second-order valence-electron chi connectivity index (χ2n) is 12.7. The van der Waals surface area contributed by atoms with Crippen molar-refractivity contribution in [3.8, 4) is 0 Å². The molecular formula is C34H45F6N7O4S. The minimum absolute atomic E-state index is 0.00667. The van der Waals surface area contributed by atoms with Crippen LogP contribution in [0.5, 0.6) is 0 Å². The highest BCUT2D eigenvalue weighted by Crippen LogP contribution is 2.34. The van der Waals surface area contributed by atoms with E-state index in [9.17, 15) is 40.7 Å². The van der Waals surface area contributed by atoms with Gasteiger partial charge in [0, 0.05) is 51.0 Å². The first-order chi connectivity index (χ1) is 24.6. The van der Waals surface area contributed by atoms with Crippen molar-refractivity contribution in [2.75, 3.05) is 54.8 Å². The Balaban J connectivity index is 1.28. The van der Waals surface area contributed by atoms with Crippen molar-refractivity contribution in [3.63, 3.8) is 0 Å². The van der Waals surface area contributed by atoms with Crippen LogP contribution in [0.1, 0.15) is 68.8 Å². The van der Waals surface area contributed by atoms with Crippen molar-refractivity contribution in [2.24, 2.45) is 5.92 Å². The van der Waals surface area contributed by atoms with E-state index in [1.54, 1.807) is 9.80 Å². The fourth-order valence-corrected chi connectivity index (χ4v) is 7.48. The number of anilines is 2. The van der Waals surface area contributed by atoms with Gasteiger partial charge in [-0.1, -0.05) is 17.5 Å². The summed E-state index contributed by atoms with van der Waals surface area (Å²) in [6, 6.07) is 5.37. The Morgan fingerprint density at radius 2 is 1.63 bits per heavy atom. The Bertz CT molecular complexity index is 1550. The van der Waals surface area contributed by atoms with E-state index in [0.717, 1.165) is 18.6 Å². The lowest BCUT2D eigenvalue weighted by Gasteiger charge is -2.34. The predicted octanol–water partition coefficient (Wildman–Crippen LogP) is 5.03. The highest BCUT2D eigenvalue weighted by molar-refractivity contribution is 8.13. The molecule has 4 N–H and O–H groups in total. The summed E-state index contributed by atoms with van der Waals surface area (Å²) in [6.45, 7) is 3.50. The number of alkyl halides is 6. The molecule has 3 heterocycles. The van der Waals surface area contributed by atoms with Gasteiger partial charge in [0.2, 0.25) is 17.6 Å². The molecular weight excluding hydrogens is 716 g/mol. The number of hydrogen-bond acceptors (Lipinski definition) is 8. The Hall–Kier alpha value is -3.93. The van der Waals surface area contributed by atoms with Gasteiger partial charge in [-0.15, -0.1) is 10.7 Å². The zero-order valence-corrected chi connectivity index (χ0v) is 29.7. The first-order valence-electron chi connectivity index (χ1n) is 17.3. The monoisotopic (exact) mass is 761 g/mol. The number of benzene rings is 1. The van der Waals surface area contributed by atoms with Crippen molar-refractivity contribution >= 4 is 45.5 Å². The Morgan fingerprint density at radius 1 is 0.942 bits per heavy atom. The quantitative estimate of drug-likeness (QED) is 0.137. The van der Waals surface area contributed by atoms with Crippen LogP contribution in [-0.4, -0.2) is 89.3 Å². The first-order valence-corrected chi connectivity index (χ1v) is 18.7. The predicted molar refractivity (Wildman–Crippen MR) is 187 cm³/mol. The van der Waals surface area contributed by atoms with E-state index in [1.165, 1.54) is 18.2 Å². The average molecular weight is 762 g/mol. The SMILES string of the molecule is C/C=S(\CCNC(=O)CCCC1CCN(c2cc(N3CCC[C@H]3C(=O)NCCc3ccc(C(F)(F)F)cc3)nc(C(F)(F)F)n2)CC1)NCC(=O)O. The third-order valence-corrected chi connectivity index (χ3v) is 10.8. The lowest BCUT2D eigenvalue weighted by atomic mass is 9.91. The van der Waals surface area contributed by atoms with Gasteiger partial charge < -0.3 is 25.5 Å². The van der Waals surface area contributed by atoms with Gasteiger partial charge in [0.1, 0.15) is 24.2 Å². The summed E-state index contributed by atoms with van der Waals surface area (Å²) in [4.78, 5) is 47.2. The van der Waals surface area contributed by atoms with Gasteiger partial charge in [-0.3, -0.25) is 19.1 Å². The van der Waals surface area contributed by atoms with E-state index in [1.807, 2.05) is 12.3 Å². The molecule has 0 aliphatic carbocycles. The van der Waals surface area contributed by atoms with Gasteiger partial charge in [-0.05, 0) is 75.5 Å². The molecule has 1 unspecified atom stereocenters. The van der Waals surface area contributed by atoms with E-state index in [-0.39, 0.29) is 37.1 Å². The maximum atomic E-state index is 14.0. The van der Waals surface area contributed by atoms with E-state index in [4.69, 9.17) is 5.11 Å². The maximum Gasteiger partial charge on any atom is 0.451 e. The Labute approximate surface area is 301 Å². The number of nitrogens with zero attached hydrogens (tertiary/aromatic N) is 4. The molecule has 18 heteroatoms. The van der Waals surface area contributed by atoms with Crippen molar-refractivity contribution in [1.29, 1.82) is 0 Å². The molecule has 1 aromatic carbocycles. The standard InChI is InChI=1S/C34H45F6N7O4S/c1-2-52(43-22-30(49)50)20-16-41-29(48)7-3-5-23-13-18-46(19-14-23)27-21-28(45-32(44-27)34(38,39)40)47-17-4-6-26(47)31(51)42-15-12-24-8-10-25(11-9-24)33(35,36)37/h2,8-11,21,23,26,43H,3-7,12-20,22H2,1H3,(H,41,48)(H,42,51)(H,49,50)/t26-,52?/m0/s1. The molecule has 2 atom stereocenters. The number of rotatable bonds is 16. The number of amides is 2. The van der Waals surface area contributed by atoms with E-state index in [2.05, 4.69) is 25.3 Å². The molecule has 2 aliphatic heterocycles. The Morgan fingerprint density at radius 3 is 2.27 bits per heavy atom. The van der Waals surface area contributed by atoms with Crippen LogP contribution in [-0.2, 0) is 33.2 Å². The first kappa shape index (κ1) is 40.8. The van der Waals surface area contributed by atoms with Crippen LogP contribution in [0.3, 0.4) is 0 Å². The zero-order chi connectivity index (χ0) is 37.9. The van der Waals surface area contributed by atoms with Crippen LogP contribution in [0.25, 0.3) is 0 Å². The van der Waals surface area contributed by atoms with Crippen LogP contribution in [0.15, 0.2) is 30.3 Å². The summed E-state index contributed by atoms with van der Waals surface area (Å²) in [6.07, 6.45) is -4.80. The number of carbonyl (C=O) groups excluding carboxylic acids is 2. The molecule has 1 aromatic heterocycles. The normalized spacial score (nSPS) is 17.7. The van der Waals surface area contributed by atoms with Gasteiger partial charge in [0.05, 0.1) is 5.56 Å². The third-order valence-electron chi connectivity index (χ3n) is 9.09. The van der Waals surface area contributed by atoms with Crippen LogP contribution >= 0.6 is 10.7 Å². The van der Waals surface area contributed by atoms with Crippen molar-refractivity contribution in [3.05, 3.63) is 47.3 Å². The molecule has 0 bridgehead atoms. The second kappa shape index (κ2) is 18.7. The number of aliphatic carboxylic acids is 1. The molecule has 52 heavy (non-hydrogen) atoms. The summed E-state index contributed by atoms with van der Waals surface area (Å²) < 4.78 is 83.4. The summed E-state index contributed by atoms with van der Waals surface area (Å²) in [5.41, 5.74) is -0.171. The topological polar surface area (TPSA) is 140 Å². The van der Waals surface area contributed by atoms with Crippen LogP contribution in [0.4, 0.5) is 38.0 Å². The van der Waals surface area contributed by atoms with Crippen LogP contribution in [0, 0.1) is 5.92 Å². The fraction of sp³-hybridized carbons (Fsp3) is 0.588. The number of halogens is 6. The minimum Gasteiger partial charge on any atom is -0.480 e. The summed E-state index contributed by atoms with van der Waals surface area (Å²) >= 11 is 0. The van der Waals surface area contributed by atoms with E-state index >= 15 is 0 Å². The molecule has 0 radical (unpaired) electrons. The second-order valence-corrected chi connectivity index (χ2v) is 14.8. The molecule has 2 saturated heterocycles. The number of aromatic nitrogens is 2. The highest BCUT2D eigenvalue weighted by atomic mass is 32.2. The molecule has 4 rings (SSSR count). The number of carboxylic acid groups (broad SMARTS) is 1. The zero-order valence-electron chi connectivity index (χ0n) is 28.9. The third kappa shape index (κ3) is 12.3. The highest BCUT2D eigenvalue weighted by Gasteiger charge is 2.39. The fourth-order valence-electron chi connectivity index (χ4n) is 6.30. The van der Waals surface area contributed by atoms with E-state index < -0.39 is 52.3 Å². The van der Waals surface area contributed by atoms with Gasteiger partial charge in [-0.2, -0.15) is 26.3 Å². The number of piperidine rings is 1. The maximum absolute atomic E-state index is 14.0. The van der Waals surface area contributed by atoms with Crippen molar-refractivity contribution in [2.45, 2.75) is 76.7 Å². The smallest absolute Gasteiger partial charge is 0.451 e. The number of hydrogen-bond donors (Lipinski definition) is 4. The molecule has 11 nitrogen and oxygen atoms in total. The summed E-state index contributed by atoms with van der Waals surface area (Å²) in [5.74, 6) is -1.70. The number of nitrogens with one attached hydrogen (secondary N) is 3. The van der Waals surface area contributed by atoms with Crippen LogP contribution in [0.2, 0.25) is 0 Å². The summed E-state index contributed by atoms with van der Waals surface area (Å²) in [5, 5.41) is 16.3. The molecule has 2 aliphatic rings. The molecule has 0 spiro atoms. The molecule has 2 aromatic rings. The molecule has 2 fully saturated rings. The van der Waals surface area contributed by atoms with Gasteiger partial charge in [-0.25, -0.2) is 9.97 Å². The Kier molecular flexibility index (Phi) is 14.7. The number of carboxylic acids is 1.